The van der Waals surface area contributed by atoms with Gasteiger partial charge in [-0.2, -0.15) is 0 Å². The molecule has 1 aromatic heterocycles. The lowest BCUT2D eigenvalue weighted by Crippen LogP contribution is -2.04. The summed E-state index contributed by atoms with van der Waals surface area (Å²) < 4.78 is 13.5. The molecule has 0 aliphatic carbocycles. The van der Waals surface area contributed by atoms with Gasteiger partial charge >= 0.3 is 0 Å². The molecule has 1 heterocycles. The molecule has 2 nitrogen and oxygen atoms in total. The van der Waals surface area contributed by atoms with E-state index < -0.39 is 5.82 Å². The molecule has 0 bridgehead atoms. The molecule has 0 atom stereocenters. The van der Waals surface area contributed by atoms with Crippen LogP contribution in [0.1, 0.15) is 21.6 Å². The molecule has 20 heavy (non-hydrogen) atoms. The second-order valence-electron chi connectivity index (χ2n) is 4.60. The van der Waals surface area contributed by atoms with E-state index in [-0.39, 0.29) is 16.4 Å². The SMILES string of the molecule is Cc1[nH]c2ccccc2c1C(=O)c1cccc(F)c1Cl. The van der Waals surface area contributed by atoms with Crippen molar-refractivity contribution in [2.24, 2.45) is 0 Å². The van der Waals surface area contributed by atoms with E-state index in [1.54, 1.807) is 0 Å². The summed E-state index contributed by atoms with van der Waals surface area (Å²) in [5.74, 6) is -0.862. The Morgan fingerprint density at radius 3 is 2.70 bits per heavy atom. The second kappa shape index (κ2) is 4.76. The predicted octanol–water partition coefficient (Wildman–Crippen LogP) is 4.50. The maximum Gasteiger partial charge on any atom is 0.197 e. The van der Waals surface area contributed by atoms with Crippen molar-refractivity contribution in [3.05, 3.63) is 70.1 Å². The number of hydrogen-bond acceptors (Lipinski definition) is 1. The number of benzene rings is 2. The molecule has 4 heteroatoms. The normalized spacial score (nSPS) is 10.9. The molecule has 0 aliphatic heterocycles. The van der Waals surface area contributed by atoms with Crippen LogP contribution in [0.5, 0.6) is 0 Å². The lowest BCUT2D eigenvalue weighted by molar-refractivity contribution is 0.103. The molecule has 1 N–H and O–H groups in total. The van der Waals surface area contributed by atoms with Crippen molar-refractivity contribution >= 4 is 28.3 Å². The minimum atomic E-state index is -0.588. The minimum Gasteiger partial charge on any atom is -0.358 e. The molecule has 0 saturated carbocycles. The fraction of sp³-hybridized carbons (Fsp3) is 0.0625. The van der Waals surface area contributed by atoms with Gasteiger partial charge in [-0.25, -0.2) is 4.39 Å². The first-order valence-electron chi connectivity index (χ1n) is 6.15. The van der Waals surface area contributed by atoms with Gasteiger partial charge in [-0.3, -0.25) is 4.79 Å². The number of halogens is 2. The number of ketones is 1. The fourth-order valence-corrected chi connectivity index (χ4v) is 2.59. The average molecular weight is 288 g/mol. The Balaban J connectivity index is 2.23. The molecule has 0 amide bonds. The summed E-state index contributed by atoms with van der Waals surface area (Å²) in [5, 5.41) is 0.678. The topological polar surface area (TPSA) is 32.9 Å². The number of aryl methyl sites for hydroxylation is 1. The molecule has 0 spiro atoms. The van der Waals surface area contributed by atoms with Gasteiger partial charge in [0.25, 0.3) is 0 Å². The largest absolute Gasteiger partial charge is 0.358 e. The molecule has 0 aliphatic rings. The van der Waals surface area contributed by atoms with Gasteiger partial charge in [-0.05, 0) is 25.1 Å². The van der Waals surface area contributed by atoms with E-state index in [0.717, 1.165) is 16.6 Å². The van der Waals surface area contributed by atoms with Crippen molar-refractivity contribution in [3.63, 3.8) is 0 Å². The third-order valence-electron chi connectivity index (χ3n) is 3.32. The Labute approximate surface area is 120 Å². The highest BCUT2D eigenvalue weighted by atomic mass is 35.5. The van der Waals surface area contributed by atoms with Crippen LogP contribution >= 0.6 is 11.6 Å². The van der Waals surface area contributed by atoms with E-state index in [4.69, 9.17) is 11.6 Å². The van der Waals surface area contributed by atoms with Crippen molar-refractivity contribution < 1.29 is 9.18 Å². The molecule has 0 saturated heterocycles. The van der Waals surface area contributed by atoms with Crippen LogP contribution in [-0.4, -0.2) is 10.8 Å². The standard InChI is InChI=1S/C16H11ClFNO/c1-9-14(10-5-2-3-8-13(10)19-9)16(20)11-6-4-7-12(18)15(11)17/h2-8,19H,1H3. The highest BCUT2D eigenvalue weighted by molar-refractivity contribution is 6.35. The predicted molar refractivity (Wildman–Crippen MR) is 77.9 cm³/mol. The number of fused-ring (bicyclic) bond motifs is 1. The van der Waals surface area contributed by atoms with Crippen LogP contribution in [0.4, 0.5) is 4.39 Å². The summed E-state index contributed by atoms with van der Waals surface area (Å²) in [6.45, 7) is 1.82. The zero-order valence-electron chi connectivity index (χ0n) is 10.7. The van der Waals surface area contributed by atoms with Crippen LogP contribution in [0.2, 0.25) is 5.02 Å². The first-order chi connectivity index (χ1) is 9.59. The Bertz CT molecular complexity index is 822. The first kappa shape index (κ1) is 12.9. The van der Waals surface area contributed by atoms with E-state index in [1.165, 1.54) is 18.2 Å². The van der Waals surface area contributed by atoms with Crippen LogP contribution in [0.25, 0.3) is 10.9 Å². The van der Waals surface area contributed by atoms with Gasteiger partial charge in [0.15, 0.2) is 5.78 Å². The number of hydrogen-bond donors (Lipinski definition) is 1. The Morgan fingerprint density at radius 2 is 1.90 bits per heavy atom. The number of nitrogens with one attached hydrogen (secondary N) is 1. The van der Waals surface area contributed by atoms with Crippen LogP contribution in [-0.2, 0) is 0 Å². The maximum atomic E-state index is 13.5. The molecular weight excluding hydrogens is 277 g/mol. The number of carbonyl (C=O) groups excluding carboxylic acids is 1. The summed E-state index contributed by atoms with van der Waals surface area (Å²) in [6.07, 6.45) is 0. The summed E-state index contributed by atoms with van der Waals surface area (Å²) >= 11 is 5.90. The highest BCUT2D eigenvalue weighted by Gasteiger charge is 2.20. The molecule has 0 unspecified atom stereocenters. The quantitative estimate of drug-likeness (QED) is 0.692. The van der Waals surface area contributed by atoms with E-state index in [9.17, 15) is 9.18 Å². The summed E-state index contributed by atoms with van der Waals surface area (Å²) in [7, 11) is 0. The van der Waals surface area contributed by atoms with E-state index in [1.807, 2.05) is 31.2 Å². The third kappa shape index (κ3) is 1.91. The minimum absolute atomic E-state index is 0.137. The van der Waals surface area contributed by atoms with Gasteiger partial charge < -0.3 is 4.98 Å². The molecule has 3 rings (SSSR count). The van der Waals surface area contributed by atoms with Crippen molar-refractivity contribution in [2.75, 3.05) is 0 Å². The van der Waals surface area contributed by atoms with E-state index in [2.05, 4.69) is 4.98 Å². The molecule has 3 aromatic rings. The molecular formula is C16H11ClFNO. The molecule has 2 aromatic carbocycles. The van der Waals surface area contributed by atoms with Gasteiger partial charge in [0.2, 0.25) is 0 Å². The summed E-state index contributed by atoms with van der Waals surface area (Å²) in [4.78, 5) is 15.8. The van der Waals surface area contributed by atoms with Crippen LogP contribution < -0.4 is 0 Å². The Hall–Kier alpha value is -2.13. The number of H-pyrrole nitrogens is 1. The zero-order chi connectivity index (χ0) is 14.3. The number of aromatic amines is 1. The zero-order valence-corrected chi connectivity index (χ0v) is 11.5. The second-order valence-corrected chi connectivity index (χ2v) is 4.98. The third-order valence-corrected chi connectivity index (χ3v) is 3.70. The first-order valence-corrected chi connectivity index (χ1v) is 6.53. The highest BCUT2D eigenvalue weighted by Crippen LogP contribution is 2.28. The summed E-state index contributed by atoms with van der Waals surface area (Å²) in [5.41, 5.74) is 2.34. The van der Waals surface area contributed by atoms with Crippen LogP contribution in [0.15, 0.2) is 42.5 Å². The molecule has 100 valence electrons. The lowest BCUT2D eigenvalue weighted by atomic mass is 10.0. The van der Waals surface area contributed by atoms with Gasteiger partial charge in [0.05, 0.1) is 10.6 Å². The van der Waals surface area contributed by atoms with Crippen molar-refractivity contribution in [2.45, 2.75) is 6.92 Å². The Morgan fingerprint density at radius 1 is 1.15 bits per heavy atom. The lowest BCUT2D eigenvalue weighted by Gasteiger charge is -2.04. The van der Waals surface area contributed by atoms with Crippen molar-refractivity contribution in [3.8, 4) is 0 Å². The van der Waals surface area contributed by atoms with Gasteiger partial charge in [0.1, 0.15) is 5.82 Å². The van der Waals surface area contributed by atoms with E-state index in [0.29, 0.717) is 5.56 Å². The van der Waals surface area contributed by atoms with E-state index >= 15 is 0 Å². The molecule has 0 fully saturated rings. The van der Waals surface area contributed by atoms with Crippen LogP contribution in [0, 0.1) is 12.7 Å². The van der Waals surface area contributed by atoms with Gasteiger partial charge in [0, 0.05) is 22.2 Å². The monoisotopic (exact) mass is 287 g/mol. The number of para-hydroxylation sites is 1. The number of carbonyl (C=O) groups is 1. The maximum absolute atomic E-state index is 13.5. The van der Waals surface area contributed by atoms with Crippen LogP contribution in [0.3, 0.4) is 0 Å². The summed E-state index contributed by atoms with van der Waals surface area (Å²) in [6, 6.07) is 11.8. The van der Waals surface area contributed by atoms with Gasteiger partial charge in [-0.15, -0.1) is 0 Å². The number of rotatable bonds is 2. The Kier molecular flexibility index (Phi) is 3.07. The van der Waals surface area contributed by atoms with Crippen molar-refractivity contribution in [1.82, 2.24) is 4.98 Å². The van der Waals surface area contributed by atoms with Crippen molar-refractivity contribution in [1.29, 1.82) is 0 Å². The smallest absolute Gasteiger partial charge is 0.197 e. The number of aromatic nitrogens is 1. The fourth-order valence-electron chi connectivity index (χ4n) is 2.38. The van der Waals surface area contributed by atoms with Gasteiger partial charge in [-0.1, -0.05) is 35.9 Å². The average Bonchev–Trinajstić information content (AvgIpc) is 2.77. The molecule has 0 radical (unpaired) electrons.